The molecular weight excluding hydrogens is 212 g/mol. The molecule has 0 atom stereocenters. The fraction of sp³-hybridized carbons (Fsp3) is 0.643. The fourth-order valence-corrected chi connectivity index (χ4v) is 1.33. The first-order valence-electron chi connectivity index (χ1n) is 6.34. The molecule has 0 unspecified atom stereocenters. The first kappa shape index (κ1) is 13.8. The Bertz CT molecular complexity index is 331. The Morgan fingerprint density at radius 3 is 2.76 bits per heavy atom. The molecule has 0 saturated carbocycles. The molecule has 3 nitrogen and oxygen atoms in total. The molecule has 0 radical (unpaired) electrons. The Hall–Kier alpha value is -1.25. The molecule has 0 fully saturated rings. The molecule has 1 aromatic rings. The molecule has 1 aromatic heterocycles. The molecule has 0 saturated heterocycles. The predicted molar refractivity (Wildman–Crippen MR) is 72.6 cm³/mol. The highest BCUT2D eigenvalue weighted by Gasteiger charge is 2.09. The van der Waals surface area contributed by atoms with Gasteiger partial charge in [0.25, 0.3) is 0 Å². The van der Waals surface area contributed by atoms with Gasteiger partial charge in [0.2, 0.25) is 0 Å². The maximum atomic E-state index is 5.72. The van der Waals surface area contributed by atoms with Crippen LogP contribution in [0.3, 0.4) is 0 Å². The van der Waals surface area contributed by atoms with Gasteiger partial charge in [0.1, 0.15) is 11.6 Å². The monoisotopic (exact) mass is 236 g/mol. The van der Waals surface area contributed by atoms with Crippen molar-refractivity contribution in [3.63, 3.8) is 0 Å². The Labute approximate surface area is 105 Å². The lowest BCUT2D eigenvalue weighted by atomic mass is 9.93. The van der Waals surface area contributed by atoms with E-state index in [1.54, 1.807) is 6.20 Å². The summed E-state index contributed by atoms with van der Waals surface area (Å²) in [5, 5.41) is 3.25. The van der Waals surface area contributed by atoms with Crippen molar-refractivity contribution in [1.29, 1.82) is 0 Å². The van der Waals surface area contributed by atoms with Gasteiger partial charge >= 0.3 is 0 Å². The number of nitrogens with zero attached hydrogens (tertiary/aromatic N) is 1. The van der Waals surface area contributed by atoms with Crippen LogP contribution in [0.2, 0.25) is 0 Å². The van der Waals surface area contributed by atoms with Crippen LogP contribution in [0.5, 0.6) is 5.75 Å². The van der Waals surface area contributed by atoms with Gasteiger partial charge in [-0.1, -0.05) is 27.7 Å². The van der Waals surface area contributed by atoms with Crippen molar-refractivity contribution < 1.29 is 4.74 Å². The van der Waals surface area contributed by atoms with E-state index < -0.39 is 0 Å². The second-order valence-electron chi connectivity index (χ2n) is 5.46. The lowest BCUT2D eigenvalue weighted by Gasteiger charge is -2.18. The van der Waals surface area contributed by atoms with E-state index in [4.69, 9.17) is 4.74 Å². The normalized spacial score (nSPS) is 11.3. The molecule has 0 spiro atoms. The zero-order valence-corrected chi connectivity index (χ0v) is 11.4. The van der Waals surface area contributed by atoms with Crippen molar-refractivity contribution in [3.05, 3.63) is 18.3 Å². The molecule has 17 heavy (non-hydrogen) atoms. The minimum Gasteiger partial charge on any atom is -0.493 e. The minimum atomic E-state index is 0.316. The van der Waals surface area contributed by atoms with Crippen LogP contribution in [-0.4, -0.2) is 18.1 Å². The van der Waals surface area contributed by atoms with Gasteiger partial charge in [0, 0.05) is 18.8 Å². The Balaban J connectivity index is 2.43. The summed E-state index contributed by atoms with van der Waals surface area (Å²) in [5.74, 6) is 1.78. The largest absolute Gasteiger partial charge is 0.493 e. The molecule has 0 bridgehead atoms. The van der Waals surface area contributed by atoms with Gasteiger partial charge in [-0.25, -0.2) is 4.98 Å². The molecule has 96 valence electrons. The van der Waals surface area contributed by atoms with Crippen molar-refractivity contribution in [2.24, 2.45) is 5.41 Å². The van der Waals surface area contributed by atoms with Crippen LogP contribution in [0, 0.1) is 5.41 Å². The highest BCUT2D eigenvalue weighted by Crippen LogP contribution is 2.20. The molecule has 1 N–H and O–H groups in total. The van der Waals surface area contributed by atoms with Crippen molar-refractivity contribution in [2.75, 3.05) is 18.5 Å². The van der Waals surface area contributed by atoms with Gasteiger partial charge in [0.05, 0.1) is 6.61 Å². The third kappa shape index (κ3) is 6.15. The van der Waals surface area contributed by atoms with Gasteiger partial charge in [0.15, 0.2) is 0 Å². The number of nitrogens with one attached hydrogen (secondary N) is 1. The molecule has 0 aliphatic heterocycles. The molecule has 1 rings (SSSR count). The first-order chi connectivity index (χ1) is 8.01. The predicted octanol–water partition coefficient (Wildman–Crippen LogP) is 3.72. The van der Waals surface area contributed by atoms with Crippen molar-refractivity contribution in [3.8, 4) is 5.75 Å². The highest BCUT2D eigenvalue weighted by atomic mass is 16.5. The summed E-state index contributed by atoms with van der Waals surface area (Å²) in [6.07, 6.45) is 3.92. The number of aromatic nitrogens is 1. The molecule has 1 heterocycles. The average molecular weight is 236 g/mol. The molecule has 0 amide bonds. The highest BCUT2D eigenvalue weighted by molar-refractivity contribution is 5.40. The van der Waals surface area contributed by atoms with Gasteiger partial charge in [-0.3, -0.25) is 0 Å². The van der Waals surface area contributed by atoms with E-state index in [0.717, 1.165) is 37.6 Å². The quantitative estimate of drug-likeness (QED) is 0.817. The van der Waals surface area contributed by atoms with Gasteiger partial charge in [-0.15, -0.1) is 0 Å². The zero-order valence-electron chi connectivity index (χ0n) is 11.4. The second-order valence-corrected chi connectivity index (χ2v) is 5.46. The number of ether oxygens (including phenoxy) is 1. The third-order valence-electron chi connectivity index (χ3n) is 2.41. The zero-order chi connectivity index (χ0) is 12.7. The van der Waals surface area contributed by atoms with E-state index in [-0.39, 0.29) is 0 Å². The van der Waals surface area contributed by atoms with E-state index >= 15 is 0 Å². The van der Waals surface area contributed by atoms with E-state index in [9.17, 15) is 0 Å². The van der Waals surface area contributed by atoms with Crippen LogP contribution in [0.25, 0.3) is 0 Å². The summed E-state index contributed by atoms with van der Waals surface area (Å²) in [4.78, 5) is 4.24. The molecule has 0 aromatic carbocycles. The van der Waals surface area contributed by atoms with E-state index in [2.05, 4.69) is 38.0 Å². The maximum absolute atomic E-state index is 5.72. The number of hydrogen-bond donors (Lipinski definition) is 1. The summed E-state index contributed by atoms with van der Waals surface area (Å²) in [6, 6.07) is 3.86. The van der Waals surface area contributed by atoms with Gasteiger partial charge in [-0.2, -0.15) is 0 Å². The number of hydrogen-bond acceptors (Lipinski definition) is 3. The number of anilines is 1. The summed E-state index contributed by atoms with van der Waals surface area (Å²) in [5.41, 5.74) is 0.316. The Kier molecular flexibility index (Phi) is 5.26. The Morgan fingerprint density at radius 1 is 1.35 bits per heavy atom. The van der Waals surface area contributed by atoms with Crippen LogP contribution in [0.4, 0.5) is 5.82 Å². The van der Waals surface area contributed by atoms with Gasteiger partial charge < -0.3 is 10.1 Å². The SMILES string of the molecule is CCCNc1cc(OCCC(C)(C)C)ccn1. The molecule has 0 aliphatic carbocycles. The minimum absolute atomic E-state index is 0.316. The standard InChI is InChI=1S/C14H24N2O/c1-5-8-15-13-11-12(6-9-16-13)17-10-7-14(2,3)4/h6,9,11H,5,7-8,10H2,1-4H3,(H,15,16). The lowest BCUT2D eigenvalue weighted by molar-refractivity contribution is 0.243. The van der Waals surface area contributed by atoms with E-state index in [1.165, 1.54) is 0 Å². The smallest absolute Gasteiger partial charge is 0.129 e. The molecule has 0 aliphatic rings. The number of pyridine rings is 1. The summed E-state index contributed by atoms with van der Waals surface area (Å²) in [7, 11) is 0. The molecule has 3 heteroatoms. The van der Waals surface area contributed by atoms with Crippen LogP contribution in [0.15, 0.2) is 18.3 Å². The van der Waals surface area contributed by atoms with Gasteiger partial charge in [-0.05, 0) is 24.3 Å². The maximum Gasteiger partial charge on any atom is 0.129 e. The average Bonchev–Trinajstić information content (AvgIpc) is 2.25. The summed E-state index contributed by atoms with van der Waals surface area (Å²) < 4.78 is 5.72. The van der Waals surface area contributed by atoms with Crippen LogP contribution < -0.4 is 10.1 Å². The first-order valence-corrected chi connectivity index (χ1v) is 6.34. The summed E-state index contributed by atoms with van der Waals surface area (Å²) in [6.45, 7) is 10.5. The van der Waals surface area contributed by atoms with Crippen LogP contribution in [0.1, 0.15) is 40.5 Å². The summed E-state index contributed by atoms with van der Waals surface area (Å²) >= 11 is 0. The van der Waals surface area contributed by atoms with Crippen molar-refractivity contribution in [1.82, 2.24) is 4.98 Å². The second kappa shape index (κ2) is 6.48. The van der Waals surface area contributed by atoms with Crippen molar-refractivity contribution in [2.45, 2.75) is 40.5 Å². The van der Waals surface area contributed by atoms with Crippen molar-refractivity contribution >= 4 is 5.82 Å². The fourth-order valence-electron chi connectivity index (χ4n) is 1.33. The topological polar surface area (TPSA) is 34.1 Å². The lowest BCUT2D eigenvalue weighted by Crippen LogP contribution is -2.11. The van der Waals surface area contributed by atoms with Crippen LogP contribution >= 0.6 is 0 Å². The number of rotatable bonds is 6. The van der Waals surface area contributed by atoms with Crippen LogP contribution in [-0.2, 0) is 0 Å². The Morgan fingerprint density at radius 2 is 2.12 bits per heavy atom. The van der Waals surface area contributed by atoms with E-state index in [1.807, 2.05) is 12.1 Å². The molecular formula is C14H24N2O. The van der Waals surface area contributed by atoms with E-state index in [0.29, 0.717) is 5.41 Å². The third-order valence-corrected chi connectivity index (χ3v) is 2.41.